The first kappa shape index (κ1) is 33.3. The Balaban J connectivity index is 0.00000441. The Morgan fingerprint density at radius 1 is 1.00 bits per heavy atom. The fourth-order valence-corrected chi connectivity index (χ4v) is 5.80. The van der Waals surface area contributed by atoms with Crippen LogP contribution in [0.5, 0.6) is 5.75 Å². The van der Waals surface area contributed by atoms with Crippen LogP contribution in [0.25, 0.3) is 17.2 Å². The number of unbranched alkanes of at least 4 members (excludes halogenated alkanes) is 1. The fourth-order valence-electron chi connectivity index (χ4n) is 4.14. The average Bonchev–Trinajstić information content (AvgIpc) is 3.35. The Labute approximate surface area is 272 Å². The third kappa shape index (κ3) is 8.88. The molecule has 1 aromatic heterocycles. The van der Waals surface area contributed by atoms with Crippen LogP contribution in [0.15, 0.2) is 67.3 Å². The third-order valence-corrected chi connectivity index (χ3v) is 8.46. The van der Waals surface area contributed by atoms with E-state index in [1.165, 1.54) is 0 Å². The van der Waals surface area contributed by atoms with Gasteiger partial charge in [-0.05, 0) is 48.7 Å². The Morgan fingerprint density at radius 3 is 2.35 bits per heavy atom. The molecule has 3 aromatic rings. The van der Waals surface area contributed by atoms with E-state index in [0.29, 0.717) is 48.2 Å². The topological polar surface area (TPSA) is 144 Å². The monoisotopic (exact) mass is 726 g/mol. The quantitative estimate of drug-likeness (QED) is 0.125. The molecular weight excluding hydrogens is 703 g/mol. The fraction of sp³-hybridized carbons (Fsp3) is 0.320. The SMILES string of the molecule is CCC(=Cc1oc2ccc(Br)cc2[n+]1CCCCS(=O)(=O)[O-])C=C1Oc2ccc(Br)cc2N1CCS(=O)(=O)[O-].[Na+]. The zero-order valence-electron chi connectivity index (χ0n) is 21.8. The van der Waals surface area contributed by atoms with E-state index in [9.17, 15) is 25.9 Å². The summed E-state index contributed by atoms with van der Waals surface area (Å²) in [6, 6.07) is 10.9. The van der Waals surface area contributed by atoms with Crippen LogP contribution in [0.2, 0.25) is 0 Å². The van der Waals surface area contributed by atoms with Crippen LogP contribution in [0, 0.1) is 0 Å². The number of aryl methyl sites for hydroxylation is 1. The van der Waals surface area contributed by atoms with Crippen LogP contribution in [-0.4, -0.2) is 44.0 Å². The average molecular weight is 728 g/mol. The molecule has 210 valence electrons. The minimum absolute atomic E-state index is 0. The van der Waals surface area contributed by atoms with Crippen molar-refractivity contribution >= 4 is 75.0 Å². The van der Waals surface area contributed by atoms with E-state index in [0.717, 1.165) is 20.0 Å². The summed E-state index contributed by atoms with van der Waals surface area (Å²) in [4.78, 5) is 1.65. The van der Waals surface area contributed by atoms with E-state index in [2.05, 4.69) is 31.9 Å². The van der Waals surface area contributed by atoms with Crippen molar-refractivity contribution in [3.05, 3.63) is 68.8 Å². The first-order valence-corrected chi connectivity index (χ1v) is 16.7. The van der Waals surface area contributed by atoms with Gasteiger partial charge in [0, 0.05) is 39.8 Å². The Bertz CT molecular complexity index is 1670. The summed E-state index contributed by atoms with van der Waals surface area (Å²) in [5.41, 5.74) is 2.84. The largest absolute Gasteiger partial charge is 1.00 e. The van der Waals surface area contributed by atoms with Gasteiger partial charge in [0.05, 0.1) is 37.8 Å². The standard InChI is InChI=1S/C25H26Br2N2O8S2.Na/c1-2-17(14-25-29(10-12-39(33,34)35)21-16-19(27)6-8-23(21)37-25)13-24-28(9-3-4-11-38(30,31)32)20-15-18(26)5-7-22(20)36-24;/h5-8,13-16H,2-4,9-12H2,1H3,(H-,30,31,32,33,34,35);/q;+1/p-1. The van der Waals surface area contributed by atoms with Gasteiger partial charge in [0.2, 0.25) is 11.5 Å². The Kier molecular flexibility index (Phi) is 11.5. The summed E-state index contributed by atoms with van der Waals surface area (Å²) >= 11 is 6.89. The maximum atomic E-state index is 11.4. The number of halogens is 2. The number of hydrogen-bond donors (Lipinski definition) is 0. The van der Waals surface area contributed by atoms with Gasteiger partial charge in [0.1, 0.15) is 0 Å². The molecule has 40 heavy (non-hydrogen) atoms. The van der Waals surface area contributed by atoms with Crippen LogP contribution in [0.4, 0.5) is 5.69 Å². The molecule has 0 saturated heterocycles. The van der Waals surface area contributed by atoms with E-state index >= 15 is 0 Å². The summed E-state index contributed by atoms with van der Waals surface area (Å²) < 4.78 is 82.8. The predicted molar refractivity (Wildman–Crippen MR) is 151 cm³/mol. The number of benzene rings is 2. The van der Waals surface area contributed by atoms with Gasteiger partial charge in [0.25, 0.3) is 5.52 Å². The molecule has 15 heteroatoms. The van der Waals surface area contributed by atoms with Crippen molar-refractivity contribution in [1.82, 2.24) is 0 Å². The smallest absolute Gasteiger partial charge is 0.748 e. The number of anilines is 1. The summed E-state index contributed by atoms with van der Waals surface area (Å²) in [7, 11) is -8.75. The summed E-state index contributed by atoms with van der Waals surface area (Å²) in [5.74, 6) is 0.371. The molecule has 0 radical (unpaired) electrons. The van der Waals surface area contributed by atoms with Gasteiger partial charge < -0.3 is 23.2 Å². The molecule has 0 spiro atoms. The molecule has 0 aliphatic carbocycles. The molecule has 0 atom stereocenters. The summed E-state index contributed by atoms with van der Waals surface area (Å²) in [6.45, 7) is 2.28. The van der Waals surface area contributed by atoms with Crippen LogP contribution >= 0.6 is 31.9 Å². The molecule has 0 amide bonds. The second kappa shape index (κ2) is 13.8. The molecule has 2 aromatic carbocycles. The van der Waals surface area contributed by atoms with Gasteiger partial charge >= 0.3 is 35.4 Å². The van der Waals surface area contributed by atoms with Gasteiger partial charge in [-0.2, -0.15) is 4.57 Å². The van der Waals surface area contributed by atoms with Gasteiger partial charge in [-0.25, -0.2) is 16.8 Å². The number of hydrogen-bond acceptors (Lipinski definition) is 9. The normalized spacial score (nSPS) is 14.9. The van der Waals surface area contributed by atoms with Crippen LogP contribution in [0.3, 0.4) is 0 Å². The van der Waals surface area contributed by atoms with Crippen LogP contribution in [0.1, 0.15) is 32.1 Å². The second-order valence-electron chi connectivity index (χ2n) is 8.86. The molecule has 0 unspecified atom stereocenters. The van der Waals surface area contributed by atoms with Crippen molar-refractivity contribution < 1.29 is 69.2 Å². The first-order chi connectivity index (χ1) is 18.3. The molecule has 4 rings (SSSR count). The van der Waals surface area contributed by atoms with E-state index in [1.54, 1.807) is 29.2 Å². The van der Waals surface area contributed by atoms with Gasteiger partial charge in [-0.15, -0.1) is 0 Å². The number of fused-ring (bicyclic) bond motifs is 2. The van der Waals surface area contributed by atoms with E-state index in [1.807, 2.05) is 35.8 Å². The minimum atomic E-state index is -4.45. The number of nitrogens with zero attached hydrogens (tertiary/aromatic N) is 2. The van der Waals surface area contributed by atoms with Crippen molar-refractivity contribution in [2.45, 2.75) is 32.7 Å². The van der Waals surface area contributed by atoms with E-state index in [4.69, 9.17) is 9.15 Å². The predicted octanol–water partition coefficient (Wildman–Crippen LogP) is 1.65. The van der Waals surface area contributed by atoms with Crippen LogP contribution < -0.4 is 43.8 Å². The first-order valence-electron chi connectivity index (χ1n) is 12.0. The van der Waals surface area contributed by atoms with Crippen molar-refractivity contribution in [2.75, 3.05) is 23.0 Å². The van der Waals surface area contributed by atoms with Gasteiger partial charge in [-0.3, -0.25) is 0 Å². The van der Waals surface area contributed by atoms with Gasteiger partial charge in [0.15, 0.2) is 12.3 Å². The van der Waals surface area contributed by atoms with Crippen molar-refractivity contribution in [2.24, 2.45) is 0 Å². The summed E-state index contributed by atoms with van der Waals surface area (Å²) in [6.07, 6.45) is 4.82. The minimum Gasteiger partial charge on any atom is -0.748 e. The van der Waals surface area contributed by atoms with Crippen molar-refractivity contribution in [3.8, 4) is 5.75 Å². The molecule has 0 saturated carbocycles. The van der Waals surface area contributed by atoms with Crippen molar-refractivity contribution in [1.29, 1.82) is 0 Å². The molecule has 0 bridgehead atoms. The van der Waals surface area contributed by atoms with E-state index < -0.39 is 31.7 Å². The Morgan fingerprint density at radius 2 is 1.68 bits per heavy atom. The van der Waals surface area contributed by atoms with Crippen LogP contribution in [-0.2, 0) is 26.8 Å². The molecule has 1 aliphatic heterocycles. The summed E-state index contributed by atoms with van der Waals surface area (Å²) in [5, 5.41) is 0. The zero-order chi connectivity index (χ0) is 28.4. The maximum Gasteiger partial charge on any atom is 1.00 e. The van der Waals surface area contributed by atoms with E-state index in [-0.39, 0.29) is 42.5 Å². The molecular formula is C25H25Br2N2NaO8S2. The zero-order valence-corrected chi connectivity index (χ0v) is 28.6. The molecule has 0 fully saturated rings. The molecule has 10 nitrogen and oxygen atoms in total. The number of rotatable bonds is 11. The second-order valence-corrected chi connectivity index (χ2v) is 13.7. The number of allylic oxidation sites excluding steroid dienone is 2. The Hall–Kier alpha value is -1.23. The van der Waals surface area contributed by atoms with Gasteiger partial charge in [-0.1, -0.05) is 38.8 Å². The molecule has 0 N–H and O–H groups in total. The number of aromatic nitrogens is 1. The molecule has 1 aliphatic rings. The third-order valence-electron chi connectivity index (χ3n) is 6.00. The number of ether oxygens (including phenoxy) is 1. The molecule has 2 heterocycles. The van der Waals surface area contributed by atoms with Crippen molar-refractivity contribution in [3.63, 3.8) is 0 Å². The maximum absolute atomic E-state index is 11.4. The number of oxazole rings is 1.